The molecule has 2 unspecified atom stereocenters. The van der Waals surface area contributed by atoms with Gasteiger partial charge in [-0.1, -0.05) is 19.1 Å². The first kappa shape index (κ1) is 32.8. The third kappa shape index (κ3) is 9.36. The van der Waals surface area contributed by atoms with E-state index in [4.69, 9.17) is 9.47 Å². The highest BCUT2D eigenvalue weighted by atomic mass is 32.2. The molecule has 0 aliphatic rings. The zero-order chi connectivity index (χ0) is 30.1. The highest BCUT2D eigenvalue weighted by molar-refractivity contribution is 7.98. The summed E-state index contributed by atoms with van der Waals surface area (Å²) >= 11 is 1.55. The largest absolute Gasteiger partial charge is 0.508 e. The maximum atomic E-state index is 14.4. The number of benzene rings is 2. The van der Waals surface area contributed by atoms with E-state index in [9.17, 15) is 19.5 Å². The second kappa shape index (κ2) is 14.3. The molecule has 2 aromatic carbocycles. The molecular weight excluding hydrogens is 530 g/mol. The van der Waals surface area contributed by atoms with Gasteiger partial charge in [0.1, 0.15) is 29.2 Å². The van der Waals surface area contributed by atoms with Gasteiger partial charge in [0.15, 0.2) is 0 Å². The minimum Gasteiger partial charge on any atom is -0.508 e. The highest BCUT2D eigenvalue weighted by Crippen LogP contribution is 2.34. The third-order valence-corrected chi connectivity index (χ3v) is 7.07. The van der Waals surface area contributed by atoms with E-state index in [1.807, 2.05) is 27.0 Å². The van der Waals surface area contributed by atoms with Gasteiger partial charge in [-0.05, 0) is 101 Å². The summed E-state index contributed by atoms with van der Waals surface area (Å²) in [5, 5.41) is 15.6. The number of hydrogen-bond acceptors (Lipinski definition) is 7. The maximum absolute atomic E-state index is 14.4. The Morgan fingerprint density at radius 2 is 1.60 bits per heavy atom. The van der Waals surface area contributed by atoms with Crippen molar-refractivity contribution in [2.24, 2.45) is 0 Å². The van der Waals surface area contributed by atoms with Crippen LogP contribution in [0.2, 0.25) is 0 Å². The van der Waals surface area contributed by atoms with E-state index in [0.29, 0.717) is 35.6 Å². The molecule has 10 heteroatoms. The van der Waals surface area contributed by atoms with Crippen molar-refractivity contribution in [3.05, 3.63) is 54.1 Å². The van der Waals surface area contributed by atoms with Crippen molar-refractivity contribution in [3.63, 3.8) is 0 Å². The lowest BCUT2D eigenvalue weighted by Gasteiger charge is -2.44. The number of hydrogen-bond donors (Lipinski definition) is 3. The van der Waals surface area contributed by atoms with Gasteiger partial charge >= 0.3 is 6.09 Å². The average molecular weight is 574 g/mol. The summed E-state index contributed by atoms with van der Waals surface area (Å²) < 4.78 is 10.7. The van der Waals surface area contributed by atoms with Crippen LogP contribution in [0.15, 0.2) is 48.5 Å². The number of aromatic hydroxyl groups is 1. The van der Waals surface area contributed by atoms with Crippen LogP contribution < -0.4 is 15.4 Å². The van der Waals surface area contributed by atoms with Crippen LogP contribution in [0, 0.1) is 0 Å². The molecule has 2 rings (SSSR count). The highest BCUT2D eigenvalue weighted by Gasteiger charge is 2.43. The van der Waals surface area contributed by atoms with Gasteiger partial charge in [-0.15, -0.1) is 0 Å². The lowest BCUT2D eigenvalue weighted by atomic mass is 9.91. The molecule has 40 heavy (non-hydrogen) atoms. The summed E-state index contributed by atoms with van der Waals surface area (Å²) in [5.74, 6) is 0.437. The van der Waals surface area contributed by atoms with Crippen molar-refractivity contribution in [2.75, 3.05) is 24.4 Å². The molecule has 0 fully saturated rings. The number of nitrogens with one attached hydrogen (secondary N) is 2. The molecule has 0 saturated carbocycles. The first-order valence-electron chi connectivity index (χ1n) is 13.3. The average Bonchev–Trinajstić information content (AvgIpc) is 2.89. The molecular formula is C30H43N3O6S. The summed E-state index contributed by atoms with van der Waals surface area (Å²) in [4.78, 5) is 42.7. The van der Waals surface area contributed by atoms with E-state index in [1.54, 1.807) is 80.9 Å². The molecule has 0 bridgehead atoms. The number of ether oxygens (including phenoxy) is 2. The molecule has 0 aliphatic carbocycles. The number of phenolic OH excluding ortho intramolecular Hbond substituents is 1. The van der Waals surface area contributed by atoms with Gasteiger partial charge in [-0.25, -0.2) is 4.79 Å². The molecule has 3 amide bonds. The Kier molecular flexibility index (Phi) is 11.7. The number of alkyl carbamates (subject to hydrolysis) is 1. The number of carbonyl (C=O) groups excluding carboxylic acids is 3. The second-order valence-electron chi connectivity index (χ2n) is 11.1. The normalized spacial score (nSPS) is 13.1. The SMILES string of the molecule is CCC(C)(C)N(C(=O)C(CCSC)NC(=O)OC(C)(C)C)C(C(=O)Nc1ccc(OC)cc1)c1ccc(O)cc1. The number of thioether (sulfide) groups is 1. The van der Waals surface area contributed by atoms with Crippen LogP contribution in [0.4, 0.5) is 10.5 Å². The Bertz CT molecular complexity index is 1130. The van der Waals surface area contributed by atoms with Gasteiger partial charge in [0, 0.05) is 11.2 Å². The van der Waals surface area contributed by atoms with E-state index >= 15 is 0 Å². The standard InChI is InChI=1S/C30H43N3O6S/c1-9-30(5,6)33(27(36)24(18-19-40-8)32-28(37)39-29(2,3)4)25(20-10-14-22(34)15-11-20)26(35)31-21-12-16-23(38-7)17-13-21/h10-17,24-25,34H,9,18-19H2,1-8H3,(H,31,35)(H,32,37). The molecule has 3 N–H and O–H groups in total. The number of carbonyl (C=O) groups is 3. The Morgan fingerprint density at radius 1 is 1.00 bits per heavy atom. The molecule has 220 valence electrons. The molecule has 0 spiro atoms. The molecule has 2 aromatic rings. The lowest BCUT2D eigenvalue weighted by Crippen LogP contribution is -2.59. The van der Waals surface area contributed by atoms with Crippen LogP contribution in [0.5, 0.6) is 11.5 Å². The first-order valence-corrected chi connectivity index (χ1v) is 14.7. The van der Waals surface area contributed by atoms with Gasteiger partial charge in [0.05, 0.1) is 7.11 Å². The monoisotopic (exact) mass is 573 g/mol. The van der Waals surface area contributed by atoms with E-state index < -0.39 is 41.1 Å². The zero-order valence-electron chi connectivity index (χ0n) is 24.7. The Balaban J connectivity index is 2.59. The fraction of sp³-hybridized carbons (Fsp3) is 0.500. The minimum atomic E-state index is -1.07. The smallest absolute Gasteiger partial charge is 0.408 e. The Morgan fingerprint density at radius 3 is 2.10 bits per heavy atom. The Labute approximate surface area is 242 Å². The number of rotatable bonds is 12. The van der Waals surface area contributed by atoms with Crippen LogP contribution >= 0.6 is 11.8 Å². The first-order chi connectivity index (χ1) is 18.7. The van der Waals surface area contributed by atoms with Crippen LogP contribution in [-0.4, -0.2) is 64.2 Å². The summed E-state index contributed by atoms with van der Waals surface area (Å²) in [7, 11) is 1.56. The molecule has 0 aromatic heterocycles. The number of amides is 3. The van der Waals surface area contributed by atoms with E-state index in [-0.39, 0.29) is 5.75 Å². The predicted octanol–water partition coefficient (Wildman–Crippen LogP) is 5.74. The Hall–Kier alpha value is -3.40. The van der Waals surface area contributed by atoms with Crippen molar-refractivity contribution in [2.45, 2.75) is 77.6 Å². The molecule has 2 atom stereocenters. The number of methoxy groups -OCH3 is 1. The van der Waals surface area contributed by atoms with Crippen molar-refractivity contribution in [1.82, 2.24) is 10.2 Å². The summed E-state index contributed by atoms with van der Waals surface area (Å²) in [6, 6.07) is 11.1. The molecule has 0 aliphatic heterocycles. The van der Waals surface area contributed by atoms with Crippen molar-refractivity contribution in [3.8, 4) is 11.5 Å². The van der Waals surface area contributed by atoms with Crippen LogP contribution in [0.25, 0.3) is 0 Å². The van der Waals surface area contributed by atoms with E-state index in [1.165, 1.54) is 12.1 Å². The van der Waals surface area contributed by atoms with Crippen LogP contribution in [0.1, 0.15) is 66.0 Å². The van der Waals surface area contributed by atoms with E-state index in [2.05, 4.69) is 10.6 Å². The van der Waals surface area contributed by atoms with Crippen molar-refractivity contribution < 1.29 is 29.0 Å². The number of anilines is 1. The summed E-state index contributed by atoms with van der Waals surface area (Å²) in [6.45, 7) is 11.0. The van der Waals surface area contributed by atoms with Crippen LogP contribution in [0.3, 0.4) is 0 Å². The fourth-order valence-corrected chi connectivity index (χ4v) is 4.49. The second-order valence-corrected chi connectivity index (χ2v) is 12.1. The van der Waals surface area contributed by atoms with Crippen molar-refractivity contribution >= 4 is 35.4 Å². The van der Waals surface area contributed by atoms with E-state index in [0.717, 1.165) is 0 Å². The maximum Gasteiger partial charge on any atom is 0.408 e. The molecule has 9 nitrogen and oxygen atoms in total. The molecule has 0 heterocycles. The summed E-state index contributed by atoms with van der Waals surface area (Å²) in [5.41, 5.74) is -0.488. The van der Waals surface area contributed by atoms with Gasteiger partial charge in [0.25, 0.3) is 5.91 Å². The lowest BCUT2D eigenvalue weighted by molar-refractivity contribution is -0.147. The molecule has 0 radical (unpaired) electrons. The summed E-state index contributed by atoms with van der Waals surface area (Å²) in [6.07, 6.45) is 2.10. The minimum absolute atomic E-state index is 0.0372. The zero-order valence-corrected chi connectivity index (χ0v) is 25.6. The van der Waals surface area contributed by atoms with Gasteiger partial charge in [-0.2, -0.15) is 11.8 Å². The topological polar surface area (TPSA) is 117 Å². The number of phenols is 1. The van der Waals surface area contributed by atoms with Gasteiger partial charge in [0.2, 0.25) is 5.91 Å². The van der Waals surface area contributed by atoms with Gasteiger partial charge in [-0.3, -0.25) is 9.59 Å². The third-order valence-electron chi connectivity index (χ3n) is 6.43. The number of nitrogens with zero attached hydrogens (tertiary/aromatic N) is 1. The van der Waals surface area contributed by atoms with Crippen molar-refractivity contribution in [1.29, 1.82) is 0 Å². The van der Waals surface area contributed by atoms with Crippen LogP contribution in [-0.2, 0) is 14.3 Å². The predicted molar refractivity (Wildman–Crippen MR) is 160 cm³/mol. The fourth-order valence-electron chi connectivity index (χ4n) is 4.02. The molecule has 0 saturated heterocycles. The quantitative estimate of drug-likeness (QED) is 0.296. The van der Waals surface area contributed by atoms with Gasteiger partial charge < -0.3 is 30.1 Å².